The first-order chi connectivity index (χ1) is 6.45. The van der Waals surface area contributed by atoms with Gasteiger partial charge in [0.05, 0.1) is 19.3 Å². The molecule has 0 N–H and O–H groups in total. The summed E-state index contributed by atoms with van der Waals surface area (Å²) in [5, 5.41) is 0. The molecule has 0 fully saturated rings. The second-order valence-electron chi connectivity index (χ2n) is 3.89. The largest absolute Gasteiger partial charge is 0.377 e. The zero-order valence-electron chi connectivity index (χ0n) is 10.2. The van der Waals surface area contributed by atoms with E-state index in [0.717, 1.165) is 5.96 Å². The van der Waals surface area contributed by atoms with Crippen LogP contribution in [0.25, 0.3) is 0 Å². The first-order valence-electron chi connectivity index (χ1n) is 4.95. The van der Waals surface area contributed by atoms with Gasteiger partial charge in [0, 0.05) is 28.2 Å². The molecular weight excluding hydrogens is 178 g/mol. The van der Waals surface area contributed by atoms with Gasteiger partial charge in [0.15, 0.2) is 5.96 Å². The van der Waals surface area contributed by atoms with E-state index >= 15 is 0 Å². The summed E-state index contributed by atoms with van der Waals surface area (Å²) < 4.78 is 5.41. The fourth-order valence-electron chi connectivity index (χ4n) is 1.12. The molecule has 0 spiro atoms. The zero-order chi connectivity index (χ0) is 11.1. The van der Waals surface area contributed by atoms with Crippen molar-refractivity contribution in [2.24, 2.45) is 4.99 Å². The van der Waals surface area contributed by atoms with Crippen LogP contribution in [0.4, 0.5) is 0 Å². The third-order valence-corrected chi connectivity index (χ3v) is 1.60. The molecule has 0 radical (unpaired) electrons. The predicted molar refractivity (Wildman–Crippen MR) is 60.8 cm³/mol. The maximum Gasteiger partial charge on any atom is 0.195 e. The number of rotatable bonds is 4. The average molecular weight is 201 g/mol. The van der Waals surface area contributed by atoms with Gasteiger partial charge in [-0.25, -0.2) is 0 Å². The molecule has 0 aromatic rings. The van der Waals surface area contributed by atoms with Crippen LogP contribution in [0, 0.1) is 0 Å². The van der Waals surface area contributed by atoms with Crippen LogP contribution in [0.15, 0.2) is 4.99 Å². The van der Waals surface area contributed by atoms with E-state index in [0.29, 0.717) is 13.2 Å². The molecule has 0 aromatic carbocycles. The molecule has 0 unspecified atom stereocenters. The number of aliphatic imine (C=N–C) groups is 1. The van der Waals surface area contributed by atoms with Crippen molar-refractivity contribution in [3.8, 4) is 0 Å². The second-order valence-corrected chi connectivity index (χ2v) is 3.89. The highest BCUT2D eigenvalue weighted by molar-refractivity contribution is 5.79. The van der Waals surface area contributed by atoms with Crippen LogP contribution in [0.2, 0.25) is 0 Å². The van der Waals surface area contributed by atoms with Crippen LogP contribution in [-0.2, 0) is 4.74 Å². The fraction of sp³-hybridized carbons (Fsp3) is 0.900. The summed E-state index contributed by atoms with van der Waals surface area (Å²) >= 11 is 0. The van der Waals surface area contributed by atoms with Crippen LogP contribution in [0.5, 0.6) is 0 Å². The van der Waals surface area contributed by atoms with E-state index in [4.69, 9.17) is 4.74 Å². The van der Waals surface area contributed by atoms with Gasteiger partial charge in [0.1, 0.15) is 0 Å². The summed E-state index contributed by atoms with van der Waals surface area (Å²) in [6, 6.07) is 0. The Hall–Kier alpha value is -0.770. The van der Waals surface area contributed by atoms with Crippen LogP contribution in [-0.4, -0.2) is 63.2 Å². The lowest BCUT2D eigenvalue weighted by atomic mass is 10.5. The van der Waals surface area contributed by atoms with Crippen molar-refractivity contribution in [3.63, 3.8) is 0 Å². The van der Waals surface area contributed by atoms with Gasteiger partial charge in [-0.1, -0.05) is 0 Å². The van der Waals surface area contributed by atoms with E-state index in [2.05, 4.69) is 4.99 Å². The Bertz CT molecular complexity index is 166. The third-order valence-electron chi connectivity index (χ3n) is 1.60. The second kappa shape index (κ2) is 6.65. The lowest BCUT2D eigenvalue weighted by Gasteiger charge is -2.22. The van der Waals surface area contributed by atoms with E-state index < -0.39 is 0 Å². The summed E-state index contributed by atoms with van der Waals surface area (Å²) in [7, 11) is 7.95. The minimum Gasteiger partial charge on any atom is -0.377 e. The van der Waals surface area contributed by atoms with Gasteiger partial charge in [0.2, 0.25) is 0 Å². The van der Waals surface area contributed by atoms with Crippen molar-refractivity contribution in [2.75, 3.05) is 41.3 Å². The van der Waals surface area contributed by atoms with Crippen LogP contribution in [0.3, 0.4) is 0 Å². The Kier molecular flexibility index (Phi) is 6.28. The molecule has 14 heavy (non-hydrogen) atoms. The molecule has 0 amide bonds. The van der Waals surface area contributed by atoms with Gasteiger partial charge < -0.3 is 14.5 Å². The van der Waals surface area contributed by atoms with Gasteiger partial charge in [-0.05, 0) is 13.8 Å². The highest BCUT2D eigenvalue weighted by atomic mass is 16.5. The van der Waals surface area contributed by atoms with Crippen LogP contribution < -0.4 is 0 Å². The predicted octanol–water partition coefficient (Wildman–Crippen LogP) is 0.891. The lowest BCUT2D eigenvalue weighted by Crippen LogP contribution is -2.35. The van der Waals surface area contributed by atoms with Crippen molar-refractivity contribution in [1.29, 1.82) is 0 Å². The smallest absolute Gasteiger partial charge is 0.195 e. The summed E-state index contributed by atoms with van der Waals surface area (Å²) in [5.74, 6) is 0.970. The maximum absolute atomic E-state index is 5.41. The van der Waals surface area contributed by atoms with E-state index in [9.17, 15) is 0 Å². The highest BCUT2D eigenvalue weighted by Crippen LogP contribution is 1.91. The number of nitrogens with zero attached hydrogens (tertiary/aromatic N) is 3. The minimum atomic E-state index is 0.285. The Balaban J connectivity index is 3.92. The minimum absolute atomic E-state index is 0.285. The zero-order valence-corrected chi connectivity index (χ0v) is 10.2. The highest BCUT2D eigenvalue weighted by Gasteiger charge is 2.02. The summed E-state index contributed by atoms with van der Waals surface area (Å²) in [6.07, 6.45) is 0.285. The summed E-state index contributed by atoms with van der Waals surface area (Å²) in [6.45, 7) is 5.46. The lowest BCUT2D eigenvalue weighted by molar-refractivity contribution is 0.0851. The Morgan fingerprint density at radius 2 is 1.64 bits per heavy atom. The number of guanidine groups is 1. The Morgan fingerprint density at radius 1 is 1.14 bits per heavy atom. The molecule has 0 aliphatic heterocycles. The first kappa shape index (κ1) is 13.2. The summed E-state index contributed by atoms with van der Waals surface area (Å²) in [4.78, 5) is 8.43. The molecule has 84 valence electrons. The maximum atomic E-state index is 5.41. The van der Waals surface area contributed by atoms with E-state index in [1.165, 1.54) is 0 Å². The molecule has 0 aromatic heterocycles. The molecule has 4 heteroatoms. The molecule has 0 aliphatic carbocycles. The standard InChI is InChI=1S/C10H23N3O/c1-9(2)14-8-7-11-10(12(3)4)13(5)6/h9H,7-8H2,1-6H3. The molecule has 0 bridgehead atoms. The van der Waals surface area contributed by atoms with E-state index in [1.807, 2.05) is 51.8 Å². The quantitative estimate of drug-likeness (QED) is 0.384. The van der Waals surface area contributed by atoms with Crippen molar-refractivity contribution >= 4 is 5.96 Å². The van der Waals surface area contributed by atoms with Crippen LogP contribution >= 0.6 is 0 Å². The van der Waals surface area contributed by atoms with Gasteiger partial charge in [-0.3, -0.25) is 4.99 Å². The Morgan fingerprint density at radius 3 is 2.00 bits per heavy atom. The normalized spacial score (nSPS) is 10.2. The van der Waals surface area contributed by atoms with Crippen molar-refractivity contribution in [3.05, 3.63) is 0 Å². The molecule has 4 nitrogen and oxygen atoms in total. The van der Waals surface area contributed by atoms with Crippen molar-refractivity contribution in [1.82, 2.24) is 9.80 Å². The molecule has 0 atom stereocenters. The van der Waals surface area contributed by atoms with Gasteiger partial charge in [-0.2, -0.15) is 0 Å². The molecular formula is C10H23N3O. The van der Waals surface area contributed by atoms with Gasteiger partial charge in [-0.15, -0.1) is 0 Å². The molecule has 0 aliphatic rings. The molecule has 0 heterocycles. The van der Waals surface area contributed by atoms with E-state index in [1.54, 1.807) is 0 Å². The van der Waals surface area contributed by atoms with Crippen LogP contribution in [0.1, 0.15) is 13.8 Å². The number of hydrogen-bond donors (Lipinski definition) is 0. The number of ether oxygens (including phenoxy) is 1. The molecule has 0 saturated carbocycles. The SMILES string of the molecule is CC(C)OCCN=C(N(C)C)N(C)C. The monoisotopic (exact) mass is 201 g/mol. The van der Waals surface area contributed by atoms with E-state index in [-0.39, 0.29) is 6.10 Å². The fourth-order valence-corrected chi connectivity index (χ4v) is 1.12. The molecule has 0 saturated heterocycles. The van der Waals surface area contributed by atoms with Gasteiger partial charge >= 0.3 is 0 Å². The molecule has 0 rings (SSSR count). The van der Waals surface area contributed by atoms with Crippen molar-refractivity contribution in [2.45, 2.75) is 20.0 Å². The Labute approximate surface area is 87.6 Å². The topological polar surface area (TPSA) is 28.1 Å². The van der Waals surface area contributed by atoms with Gasteiger partial charge in [0.25, 0.3) is 0 Å². The average Bonchev–Trinajstić information content (AvgIpc) is 2.01. The number of hydrogen-bond acceptors (Lipinski definition) is 2. The third kappa shape index (κ3) is 5.80. The first-order valence-corrected chi connectivity index (χ1v) is 4.95. The summed E-state index contributed by atoms with van der Waals surface area (Å²) in [5.41, 5.74) is 0. The van der Waals surface area contributed by atoms with Crippen molar-refractivity contribution < 1.29 is 4.74 Å².